The van der Waals surface area contributed by atoms with Gasteiger partial charge in [0, 0.05) is 11.6 Å². The smallest absolute Gasteiger partial charge is 0.291 e. The molecule has 0 atom stereocenters. The molecule has 25 heavy (non-hydrogen) atoms. The second-order valence-electron chi connectivity index (χ2n) is 4.64. The summed E-state index contributed by atoms with van der Waals surface area (Å²) in [5.74, 6) is 0.463. The fraction of sp³-hybridized carbons (Fsp3) is 0.133. The number of aromatic nitrogens is 1. The van der Waals surface area contributed by atoms with Crippen molar-refractivity contribution in [1.29, 1.82) is 0 Å². The minimum atomic E-state index is -0.693. The van der Waals surface area contributed by atoms with Gasteiger partial charge in [0.15, 0.2) is 10.8 Å². The molecule has 0 aliphatic carbocycles. The maximum Gasteiger partial charge on any atom is 0.291 e. The number of amides is 1. The quantitative estimate of drug-likeness (QED) is 0.453. The lowest BCUT2D eigenvalue weighted by molar-refractivity contribution is 0.0950. The van der Waals surface area contributed by atoms with Gasteiger partial charge in [0.2, 0.25) is 0 Å². The Morgan fingerprint density at radius 3 is 2.32 bits per heavy atom. The van der Waals surface area contributed by atoms with Crippen molar-refractivity contribution >= 4 is 52.6 Å². The first-order chi connectivity index (χ1) is 11.9. The van der Waals surface area contributed by atoms with Gasteiger partial charge in [0.25, 0.3) is 5.91 Å². The van der Waals surface area contributed by atoms with Gasteiger partial charge in [-0.3, -0.25) is 4.79 Å². The Kier molecular flexibility index (Phi) is 6.30. The van der Waals surface area contributed by atoms with Gasteiger partial charge in [-0.1, -0.05) is 34.8 Å². The summed E-state index contributed by atoms with van der Waals surface area (Å²) in [7, 11) is 3.06. The molecule has 1 aromatic heterocycles. The molecule has 0 aliphatic heterocycles. The number of halogens is 3. The third-order valence-corrected chi connectivity index (χ3v) is 4.18. The van der Waals surface area contributed by atoms with Crippen molar-refractivity contribution in [3.05, 3.63) is 44.7 Å². The van der Waals surface area contributed by atoms with E-state index >= 15 is 0 Å². The molecule has 0 spiro atoms. The molecule has 0 saturated carbocycles. The second kappa shape index (κ2) is 8.24. The van der Waals surface area contributed by atoms with Gasteiger partial charge in [-0.05, 0) is 12.1 Å². The Morgan fingerprint density at radius 2 is 1.76 bits per heavy atom. The lowest BCUT2D eigenvalue weighted by Gasteiger charge is -2.08. The van der Waals surface area contributed by atoms with Gasteiger partial charge in [0.05, 0.1) is 31.1 Å². The summed E-state index contributed by atoms with van der Waals surface area (Å²) in [6, 6.07) is 5.12. The number of benzene rings is 1. The normalized spacial score (nSPS) is 10.8. The highest BCUT2D eigenvalue weighted by Gasteiger charge is 2.19. The number of hydrogen-bond donors (Lipinski definition) is 2. The largest absolute Gasteiger partial charge is 0.497 e. The van der Waals surface area contributed by atoms with Crippen molar-refractivity contribution in [2.24, 2.45) is 5.10 Å². The number of hydrogen-bond acceptors (Lipinski definition) is 6. The number of carbonyl (C=O) groups is 1. The van der Waals surface area contributed by atoms with E-state index in [4.69, 9.17) is 50.0 Å². The van der Waals surface area contributed by atoms with Crippen LogP contribution in [0.1, 0.15) is 16.1 Å². The van der Waals surface area contributed by atoms with E-state index in [1.54, 1.807) is 18.2 Å². The number of ether oxygens (including phenoxy) is 2. The average molecular weight is 404 g/mol. The zero-order chi connectivity index (χ0) is 18.6. The van der Waals surface area contributed by atoms with E-state index in [0.29, 0.717) is 17.1 Å². The van der Waals surface area contributed by atoms with Crippen molar-refractivity contribution in [2.75, 3.05) is 20.0 Å². The fourth-order valence-corrected chi connectivity index (χ4v) is 2.40. The topological polar surface area (TPSA) is 98.8 Å². The lowest BCUT2D eigenvalue weighted by Crippen LogP contribution is -2.20. The standard InChI is InChI=1S/C15H13Cl3N4O3/c1-24-8-3-7(4-9(5-8)25-2)6-20-22-15(23)13-10(16)12(19)11(17)14(18)21-13/h3-6H,1-2H3,(H2,19,21)(H,22,23)/b20-6-. The van der Waals surface area contributed by atoms with Crippen LogP contribution < -0.4 is 20.6 Å². The highest BCUT2D eigenvalue weighted by molar-refractivity contribution is 6.46. The molecule has 10 heteroatoms. The Balaban J connectivity index is 2.19. The molecule has 1 aromatic carbocycles. The minimum Gasteiger partial charge on any atom is -0.497 e. The summed E-state index contributed by atoms with van der Waals surface area (Å²) in [5, 5.41) is 3.59. The molecule has 0 aliphatic rings. The summed E-state index contributed by atoms with van der Waals surface area (Å²) < 4.78 is 10.3. The van der Waals surface area contributed by atoms with Crippen LogP contribution >= 0.6 is 34.8 Å². The molecule has 0 unspecified atom stereocenters. The van der Waals surface area contributed by atoms with E-state index in [9.17, 15) is 4.79 Å². The third-order valence-electron chi connectivity index (χ3n) is 3.04. The maximum atomic E-state index is 12.1. The Morgan fingerprint density at radius 1 is 1.16 bits per heavy atom. The van der Waals surface area contributed by atoms with Crippen LogP contribution in [0.2, 0.25) is 15.2 Å². The maximum absolute atomic E-state index is 12.1. The first kappa shape index (κ1) is 19.1. The van der Waals surface area contributed by atoms with Crippen LogP contribution in [0, 0.1) is 0 Å². The van der Waals surface area contributed by atoms with Crippen molar-refractivity contribution < 1.29 is 14.3 Å². The van der Waals surface area contributed by atoms with E-state index in [1.807, 2.05) is 0 Å². The van der Waals surface area contributed by atoms with E-state index in [-0.39, 0.29) is 26.6 Å². The molecule has 1 heterocycles. The Hall–Kier alpha value is -2.22. The predicted octanol–water partition coefficient (Wildman–Crippen LogP) is 3.41. The van der Waals surface area contributed by atoms with Gasteiger partial charge in [-0.25, -0.2) is 10.4 Å². The molecule has 2 aromatic rings. The van der Waals surface area contributed by atoms with Crippen molar-refractivity contribution in [1.82, 2.24) is 10.4 Å². The summed E-state index contributed by atoms with van der Waals surface area (Å²) in [5.41, 5.74) is 8.38. The minimum absolute atomic E-state index is 0.0183. The Bertz CT molecular complexity index is 821. The summed E-state index contributed by atoms with van der Waals surface area (Å²) >= 11 is 17.6. The molecular weight excluding hydrogens is 391 g/mol. The van der Waals surface area contributed by atoms with E-state index < -0.39 is 5.91 Å². The summed E-state index contributed by atoms with van der Waals surface area (Å²) in [6.45, 7) is 0. The average Bonchev–Trinajstić information content (AvgIpc) is 2.62. The molecule has 0 saturated heterocycles. The summed E-state index contributed by atoms with van der Waals surface area (Å²) in [4.78, 5) is 15.9. The van der Waals surface area contributed by atoms with Crippen molar-refractivity contribution in [3.8, 4) is 11.5 Å². The molecular formula is C15H13Cl3N4O3. The first-order valence-electron chi connectivity index (χ1n) is 6.73. The molecule has 1 amide bonds. The number of nitrogen functional groups attached to an aromatic ring is 1. The number of anilines is 1. The number of carbonyl (C=O) groups excluding carboxylic acids is 1. The third kappa shape index (κ3) is 4.45. The first-order valence-corrected chi connectivity index (χ1v) is 7.87. The Labute approximate surface area is 158 Å². The van der Waals surface area contributed by atoms with Crippen LogP contribution in [-0.2, 0) is 0 Å². The number of rotatable bonds is 5. The second-order valence-corrected chi connectivity index (χ2v) is 5.75. The number of nitrogens with two attached hydrogens (primary N) is 1. The van der Waals surface area contributed by atoms with Crippen LogP contribution in [0.25, 0.3) is 0 Å². The highest BCUT2D eigenvalue weighted by atomic mass is 35.5. The summed E-state index contributed by atoms with van der Waals surface area (Å²) in [6.07, 6.45) is 1.40. The predicted molar refractivity (Wildman–Crippen MR) is 98.3 cm³/mol. The number of methoxy groups -OCH3 is 2. The van der Waals surface area contributed by atoms with Gasteiger partial charge in [-0.15, -0.1) is 0 Å². The molecule has 2 rings (SSSR count). The number of pyridine rings is 1. The van der Waals surface area contributed by atoms with Crippen LogP contribution in [0.3, 0.4) is 0 Å². The zero-order valence-corrected chi connectivity index (χ0v) is 15.4. The van der Waals surface area contributed by atoms with Crippen molar-refractivity contribution in [2.45, 2.75) is 0 Å². The van der Waals surface area contributed by atoms with E-state index in [0.717, 1.165) is 0 Å². The molecule has 3 N–H and O–H groups in total. The molecule has 7 nitrogen and oxygen atoms in total. The molecule has 132 valence electrons. The van der Waals surface area contributed by atoms with Gasteiger partial charge < -0.3 is 15.2 Å². The lowest BCUT2D eigenvalue weighted by atomic mass is 10.2. The number of nitrogens with one attached hydrogen (secondary N) is 1. The molecule has 0 fully saturated rings. The van der Waals surface area contributed by atoms with Gasteiger partial charge >= 0.3 is 0 Å². The monoisotopic (exact) mass is 402 g/mol. The highest BCUT2D eigenvalue weighted by Crippen LogP contribution is 2.34. The van der Waals surface area contributed by atoms with Crippen LogP contribution in [0.15, 0.2) is 23.3 Å². The van der Waals surface area contributed by atoms with Crippen LogP contribution in [0.5, 0.6) is 11.5 Å². The molecule has 0 radical (unpaired) electrons. The van der Waals surface area contributed by atoms with Gasteiger partial charge in [-0.2, -0.15) is 5.10 Å². The van der Waals surface area contributed by atoms with Gasteiger partial charge in [0.1, 0.15) is 16.5 Å². The van der Waals surface area contributed by atoms with E-state index in [2.05, 4.69) is 15.5 Å². The number of hydrazone groups is 1. The van der Waals surface area contributed by atoms with Crippen molar-refractivity contribution in [3.63, 3.8) is 0 Å². The number of nitrogens with zero attached hydrogens (tertiary/aromatic N) is 2. The van der Waals surface area contributed by atoms with E-state index in [1.165, 1.54) is 20.4 Å². The fourth-order valence-electron chi connectivity index (χ4n) is 1.80. The van der Waals surface area contributed by atoms with Crippen LogP contribution in [0.4, 0.5) is 5.69 Å². The zero-order valence-electron chi connectivity index (χ0n) is 13.1. The molecule has 0 bridgehead atoms. The SMILES string of the molecule is COc1cc(/C=N\NC(=O)c2nc(Cl)c(Cl)c(N)c2Cl)cc(OC)c1. The van der Waals surface area contributed by atoms with Crippen LogP contribution in [-0.4, -0.2) is 31.3 Å².